The first-order valence-electron chi connectivity index (χ1n) is 11.4. The Hall–Kier alpha value is -2.85. The third-order valence-corrected chi connectivity index (χ3v) is 7.33. The van der Waals surface area contributed by atoms with Crippen molar-refractivity contribution in [1.82, 2.24) is 10.6 Å². The van der Waals surface area contributed by atoms with Crippen molar-refractivity contribution in [2.24, 2.45) is 0 Å². The van der Waals surface area contributed by atoms with Crippen LogP contribution in [0.3, 0.4) is 0 Å². The Morgan fingerprint density at radius 2 is 1.69 bits per heavy atom. The maximum Gasteiger partial charge on any atom is 0.416 e. The monoisotopic (exact) mass is 528 g/mol. The number of alkyl halides is 3. The van der Waals surface area contributed by atoms with Crippen LogP contribution in [0.15, 0.2) is 42.5 Å². The van der Waals surface area contributed by atoms with Gasteiger partial charge < -0.3 is 20.5 Å². The molecule has 0 saturated heterocycles. The molecule has 0 spiro atoms. The summed E-state index contributed by atoms with van der Waals surface area (Å²) < 4.78 is 57.1. The van der Waals surface area contributed by atoms with Crippen LogP contribution in [0.1, 0.15) is 43.2 Å². The second-order valence-corrected chi connectivity index (χ2v) is 9.90. The molecule has 0 aromatic heterocycles. The van der Waals surface area contributed by atoms with E-state index in [-0.39, 0.29) is 30.2 Å². The molecular formula is C25H25ClF4N2O4. The Morgan fingerprint density at radius 3 is 2.28 bits per heavy atom. The highest BCUT2D eigenvalue weighted by molar-refractivity contribution is 6.30. The Morgan fingerprint density at radius 1 is 1.03 bits per heavy atom. The van der Waals surface area contributed by atoms with Crippen LogP contribution in [0.25, 0.3) is 0 Å². The zero-order chi connectivity index (χ0) is 26.1. The van der Waals surface area contributed by atoms with E-state index in [0.717, 1.165) is 18.2 Å². The standard InChI is InChI=1S/C25H25ClF4N2O4/c26-18-6-5-17(12-19(18)27)36-14-22(35)31-23-7-9-24(10-8-23,20(33)13-23)32-21(34)11-15-1-3-16(4-2-15)25(28,29)30/h1-6,12,20,33H,7-11,13-14H2,(H,31,35)(H,32,34). The predicted molar refractivity (Wildman–Crippen MR) is 123 cm³/mol. The van der Waals surface area contributed by atoms with Crippen molar-refractivity contribution in [1.29, 1.82) is 0 Å². The van der Waals surface area contributed by atoms with E-state index in [9.17, 15) is 32.3 Å². The SMILES string of the molecule is O=C(COc1ccc(Cl)c(F)c1)NC12CCC(NC(=O)Cc3ccc(C(F)(F)F)cc3)(CC1)C(O)C2. The van der Waals surface area contributed by atoms with Crippen molar-refractivity contribution in [3.05, 3.63) is 64.4 Å². The molecule has 2 amide bonds. The van der Waals surface area contributed by atoms with Gasteiger partial charge in [-0.2, -0.15) is 13.2 Å². The zero-order valence-electron chi connectivity index (χ0n) is 19.1. The number of benzene rings is 2. The van der Waals surface area contributed by atoms with Gasteiger partial charge in [0.2, 0.25) is 5.91 Å². The van der Waals surface area contributed by atoms with E-state index in [1.165, 1.54) is 24.3 Å². The van der Waals surface area contributed by atoms with Crippen LogP contribution < -0.4 is 15.4 Å². The second-order valence-electron chi connectivity index (χ2n) is 9.49. The van der Waals surface area contributed by atoms with Crippen molar-refractivity contribution < 1.29 is 37.0 Å². The lowest BCUT2D eigenvalue weighted by Crippen LogP contribution is -2.70. The highest BCUT2D eigenvalue weighted by atomic mass is 35.5. The van der Waals surface area contributed by atoms with Crippen molar-refractivity contribution in [2.45, 2.75) is 61.9 Å². The van der Waals surface area contributed by atoms with Crippen LogP contribution >= 0.6 is 11.6 Å². The number of ether oxygens (including phenoxy) is 1. The lowest BCUT2D eigenvalue weighted by molar-refractivity contribution is -0.137. The highest BCUT2D eigenvalue weighted by Gasteiger charge is 2.55. The van der Waals surface area contributed by atoms with E-state index in [0.29, 0.717) is 31.2 Å². The molecule has 36 heavy (non-hydrogen) atoms. The van der Waals surface area contributed by atoms with Crippen LogP contribution in [-0.2, 0) is 22.2 Å². The van der Waals surface area contributed by atoms with E-state index < -0.39 is 46.6 Å². The van der Waals surface area contributed by atoms with Gasteiger partial charge in [-0.05, 0) is 61.9 Å². The number of aliphatic hydroxyl groups excluding tert-OH is 1. The summed E-state index contributed by atoms with van der Waals surface area (Å²) in [5.74, 6) is -1.31. The first kappa shape index (κ1) is 26.2. The summed E-state index contributed by atoms with van der Waals surface area (Å²) in [6, 6.07) is 8.25. The minimum atomic E-state index is -4.45. The Kier molecular flexibility index (Phi) is 7.21. The number of halogens is 5. The molecule has 11 heteroatoms. The molecule has 3 fully saturated rings. The third kappa shape index (κ3) is 5.75. The van der Waals surface area contributed by atoms with Gasteiger partial charge in [-0.3, -0.25) is 9.59 Å². The molecule has 6 nitrogen and oxygen atoms in total. The minimum Gasteiger partial charge on any atom is -0.484 e. The number of rotatable bonds is 7. The number of hydrogen-bond acceptors (Lipinski definition) is 4. The molecule has 3 N–H and O–H groups in total. The number of hydrogen-bond donors (Lipinski definition) is 3. The van der Waals surface area contributed by atoms with Crippen LogP contribution in [0.4, 0.5) is 17.6 Å². The molecule has 2 aromatic rings. The summed E-state index contributed by atoms with van der Waals surface area (Å²) in [5, 5.41) is 16.6. The van der Waals surface area contributed by atoms with Crippen molar-refractivity contribution in [2.75, 3.05) is 6.61 Å². The molecule has 0 heterocycles. The average Bonchev–Trinajstić information content (AvgIpc) is 2.81. The lowest BCUT2D eigenvalue weighted by Gasteiger charge is -2.56. The molecule has 0 aliphatic heterocycles. The van der Waals surface area contributed by atoms with E-state index in [1.807, 2.05) is 0 Å². The number of carbonyl (C=O) groups excluding carboxylic acids is 2. The molecule has 2 aromatic carbocycles. The van der Waals surface area contributed by atoms with Gasteiger partial charge in [-0.25, -0.2) is 4.39 Å². The summed E-state index contributed by atoms with van der Waals surface area (Å²) in [6.45, 7) is -0.339. The Balaban J connectivity index is 1.30. The Labute approximate surface area is 210 Å². The van der Waals surface area contributed by atoms with Gasteiger partial charge in [-0.1, -0.05) is 23.7 Å². The van der Waals surface area contributed by atoms with Crippen LogP contribution in [-0.4, -0.2) is 40.7 Å². The molecule has 2 bridgehead atoms. The average molecular weight is 529 g/mol. The summed E-state index contributed by atoms with van der Waals surface area (Å²) in [6.07, 6.45) is -3.35. The van der Waals surface area contributed by atoms with Crippen molar-refractivity contribution >= 4 is 23.4 Å². The number of amides is 2. The molecule has 5 rings (SSSR count). The minimum absolute atomic E-state index is 0.0565. The molecule has 1 unspecified atom stereocenters. The lowest BCUT2D eigenvalue weighted by atomic mass is 9.60. The molecule has 194 valence electrons. The molecule has 0 radical (unpaired) electrons. The fourth-order valence-electron chi connectivity index (χ4n) is 5.03. The summed E-state index contributed by atoms with van der Waals surface area (Å²) in [4.78, 5) is 25.1. The van der Waals surface area contributed by atoms with Gasteiger partial charge in [0, 0.05) is 11.6 Å². The first-order valence-corrected chi connectivity index (χ1v) is 11.8. The van der Waals surface area contributed by atoms with Gasteiger partial charge in [0.25, 0.3) is 5.91 Å². The molecule has 1 atom stereocenters. The van der Waals surface area contributed by atoms with Gasteiger partial charge in [-0.15, -0.1) is 0 Å². The normalized spacial score (nSPS) is 25.3. The van der Waals surface area contributed by atoms with Gasteiger partial charge in [0.15, 0.2) is 6.61 Å². The van der Waals surface area contributed by atoms with E-state index in [2.05, 4.69) is 10.6 Å². The number of carbonyl (C=O) groups is 2. The fourth-order valence-corrected chi connectivity index (χ4v) is 5.15. The maximum absolute atomic E-state index is 13.5. The van der Waals surface area contributed by atoms with E-state index in [1.54, 1.807) is 0 Å². The Bertz CT molecular complexity index is 1130. The number of aliphatic hydroxyl groups is 1. The van der Waals surface area contributed by atoms with E-state index >= 15 is 0 Å². The molecule has 3 aliphatic rings. The summed E-state index contributed by atoms with van der Waals surface area (Å²) in [5.41, 5.74) is -1.86. The fraction of sp³-hybridized carbons (Fsp3) is 0.440. The highest BCUT2D eigenvalue weighted by Crippen LogP contribution is 2.47. The topological polar surface area (TPSA) is 87.7 Å². The van der Waals surface area contributed by atoms with E-state index in [4.69, 9.17) is 16.3 Å². The van der Waals surface area contributed by atoms with Crippen LogP contribution in [0.2, 0.25) is 5.02 Å². The largest absolute Gasteiger partial charge is 0.484 e. The first-order chi connectivity index (χ1) is 16.9. The van der Waals surface area contributed by atoms with Crippen molar-refractivity contribution in [3.63, 3.8) is 0 Å². The number of fused-ring (bicyclic) bond motifs is 3. The molecular weight excluding hydrogens is 504 g/mol. The van der Waals surface area contributed by atoms with Gasteiger partial charge >= 0.3 is 6.18 Å². The summed E-state index contributed by atoms with van der Waals surface area (Å²) >= 11 is 5.63. The smallest absolute Gasteiger partial charge is 0.416 e. The van der Waals surface area contributed by atoms with Crippen molar-refractivity contribution in [3.8, 4) is 5.75 Å². The summed E-state index contributed by atoms with van der Waals surface area (Å²) in [7, 11) is 0. The molecule has 3 aliphatic carbocycles. The van der Waals surface area contributed by atoms with Gasteiger partial charge in [0.05, 0.1) is 28.6 Å². The van der Waals surface area contributed by atoms with Crippen LogP contribution in [0.5, 0.6) is 5.75 Å². The third-order valence-electron chi connectivity index (χ3n) is 7.02. The maximum atomic E-state index is 13.5. The quantitative estimate of drug-likeness (QED) is 0.471. The molecule has 3 saturated carbocycles. The second kappa shape index (κ2) is 9.89. The number of nitrogens with one attached hydrogen (secondary N) is 2. The zero-order valence-corrected chi connectivity index (χ0v) is 19.9. The van der Waals surface area contributed by atoms with Gasteiger partial charge in [0.1, 0.15) is 11.6 Å². The predicted octanol–water partition coefficient (Wildman–Crippen LogP) is 4.17. The van der Waals surface area contributed by atoms with Crippen LogP contribution in [0, 0.1) is 5.82 Å².